The van der Waals surface area contributed by atoms with Gasteiger partial charge in [-0.05, 0) is 30.4 Å². The Morgan fingerprint density at radius 2 is 1.81 bits per heavy atom. The molecule has 1 fully saturated rings. The van der Waals surface area contributed by atoms with Crippen LogP contribution in [0.1, 0.15) is 30.4 Å². The van der Waals surface area contributed by atoms with Crippen LogP contribution in [-0.2, 0) is 16.1 Å². The number of nitrogens with zero attached hydrogens (tertiary/aromatic N) is 2. The molecule has 0 aromatic heterocycles. The van der Waals surface area contributed by atoms with Gasteiger partial charge in [-0.15, -0.1) is 0 Å². The fourth-order valence-corrected chi connectivity index (χ4v) is 2.77. The summed E-state index contributed by atoms with van der Waals surface area (Å²) in [5.74, 6) is 0. The van der Waals surface area contributed by atoms with Gasteiger partial charge in [0.05, 0.1) is 19.4 Å². The maximum absolute atomic E-state index is 11.9. The molecule has 1 heterocycles. The lowest BCUT2D eigenvalue weighted by Gasteiger charge is -2.08. The Kier molecular flexibility index (Phi) is 6.79. The molecule has 1 aliphatic rings. The molecule has 0 N–H and O–H groups in total. The van der Waals surface area contributed by atoms with Gasteiger partial charge in [0.2, 0.25) is 0 Å². The van der Waals surface area contributed by atoms with Gasteiger partial charge in [0.1, 0.15) is 6.10 Å². The van der Waals surface area contributed by atoms with Crippen LogP contribution >= 0.6 is 0 Å². The Labute approximate surface area is 154 Å². The first-order valence-corrected chi connectivity index (χ1v) is 9.00. The quantitative estimate of drug-likeness (QED) is 0.501. The molecule has 0 spiro atoms. The van der Waals surface area contributed by atoms with E-state index in [9.17, 15) is 4.79 Å². The van der Waals surface area contributed by atoms with E-state index >= 15 is 0 Å². The largest absolute Gasteiger partial charge is 0.443 e. The number of rotatable bonds is 9. The van der Waals surface area contributed by atoms with Gasteiger partial charge in [-0.2, -0.15) is 10.1 Å². The lowest BCUT2D eigenvalue weighted by atomic mass is 10.1. The van der Waals surface area contributed by atoms with E-state index in [4.69, 9.17) is 9.47 Å². The SMILES string of the molecule is O=C1OC(CCCCOCc2ccccc2)CN1/N=C/c1ccccc1. The van der Waals surface area contributed by atoms with Crippen molar-refractivity contribution < 1.29 is 14.3 Å². The van der Waals surface area contributed by atoms with E-state index in [1.165, 1.54) is 10.6 Å². The summed E-state index contributed by atoms with van der Waals surface area (Å²) in [6.45, 7) is 1.86. The summed E-state index contributed by atoms with van der Waals surface area (Å²) in [4.78, 5) is 11.9. The molecular formula is C21H24N2O3. The molecule has 1 amide bonds. The molecule has 0 radical (unpaired) electrons. The number of unbranched alkanes of at least 4 members (excludes halogenated alkanes) is 1. The third kappa shape index (κ3) is 5.70. The minimum atomic E-state index is -0.373. The number of hydrazone groups is 1. The number of carbonyl (C=O) groups is 1. The molecule has 136 valence electrons. The first-order valence-electron chi connectivity index (χ1n) is 9.00. The molecule has 0 aliphatic carbocycles. The van der Waals surface area contributed by atoms with Crippen molar-refractivity contribution in [2.75, 3.05) is 13.2 Å². The third-order valence-corrected chi connectivity index (χ3v) is 4.18. The molecule has 2 aromatic carbocycles. The lowest BCUT2D eigenvalue weighted by Crippen LogP contribution is -2.19. The minimum Gasteiger partial charge on any atom is -0.443 e. The standard InChI is InChI=1S/C21H24N2O3/c24-21-23(22-15-18-9-3-1-4-10-18)16-20(26-21)13-7-8-14-25-17-19-11-5-2-6-12-19/h1-6,9-12,15,20H,7-8,13-14,16-17H2/b22-15+. The van der Waals surface area contributed by atoms with Gasteiger partial charge < -0.3 is 9.47 Å². The van der Waals surface area contributed by atoms with Crippen molar-refractivity contribution in [3.63, 3.8) is 0 Å². The van der Waals surface area contributed by atoms with Crippen LogP contribution in [0, 0.1) is 0 Å². The van der Waals surface area contributed by atoms with Gasteiger partial charge in [0.25, 0.3) is 0 Å². The summed E-state index contributed by atoms with van der Waals surface area (Å²) in [6.07, 6.45) is 3.96. The molecule has 1 saturated heterocycles. The van der Waals surface area contributed by atoms with Crippen molar-refractivity contribution in [1.82, 2.24) is 5.01 Å². The fourth-order valence-electron chi connectivity index (χ4n) is 2.77. The molecule has 26 heavy (non-hydrogen) atoms. The van der Waals surface area contributed by atoms with Crippen LogP contribution in [-0.4, -0.2) is 36.6 Å². The normalized spacial score (nSPS) is 17.0. The van der Waals surface area contributed by atoms with Crippen LogP contribution in [0.3, 0.4) is 0 Å². The molecule has 2 aromatic rings. The maximum atomic E-state index is 11.9. The second-order valence-electron chi connectivity index (χ2n) is 6.28. The summed E-state index contributed by atoms with van der Waals surface area (Å²) in [5.41, 5.74) is 2.14. The zero-order valence-electron chi connectivity index (χ0n) is 14.8. The van der Waals surface area contributed by atoms with E-state index in [1.807, 2.05) is 48.5 Å². The van der Waals surface area contributed by atoms with Gasteiger partial charge in [-0.3, -0.25) is 0 Å². The predicted octanol–water partition coefficient (Wildman–Crippen LogP) is 4.23. The second kappa shape index (κ2) is 9.73. The maximum Gasteiger partial charge on any atom is 0.430 e. The zero-order chi connectivity index (χ0) is 18.0. The van der Waals surface area contributed by atoms with Crippen molar-refractivity contribution in [2.24, 2.45) is 5.10 Å². The van der Waals surface area contributed by atoms with Crippen molar-refractivity contribution in [1.29, 1.82) is 0 Å². The molecule has 0 bridgehead atoms. The number of amides is 1. The number of benzene rings is 2. The Morgan fingerprint density at radius 1 is 1.08 bits per heavy atom. The Bertz CT molecular complexity index is 704. The summed E-state index contributed by atoms with van der Waals surface area (Å²) in [5, 5.41) is 5.62. The lowest BCUT2D eigenvalue weighted by molar-refractivity contribution is 0.108. The number of cyclic esters (lactones) is 1. The van der Waals surface area contributed by atoms with Crippen LogP contribution in [0.15, 0.2) is 65.8 Å². The Balaban J connectivity index is 1.31. The summed E-state index contributed by atoms with van der Waals surface area (Å²) >= 11 is 0. The van der Waals surface area contributed by atoms with Gasteiger partial charge in [0.15, 0.2) is 0 Å². The smallest absolute Gasteiger partial charge is 0.430 e. The molecule has 1 atom stereocenters. The van der Waals surface area contributed by atoms with Crippen molar-refractivity contribution in [2.45, 2.75) is 32.0 Å². The molecule has 5 heteroatoms. The summed E-state index contributed by atoms with van der Waals surface area (Å²) < 4.78 is 11.0. The van der Waals surface area contributed by atoms with Crippen LogP contribution < -0.4 is 0 Å². The van der Waals surface area contributed by atoms with Crippen LogP contribution in [0.5, 0.6) is 0 Å². The van der Waals surface area contributed by atoms with E-state index in [1.54, 1.807) is 6.21 Å². The fraction of sp³-hybridized carbons (Fsp3) is 0.333. The molecule has 5 nitrogen and oxygen atoms in total. The van der Waals surface area contributed by atoms with E-state index in [-0.39, 0.29) is 12.2 Å². The van der Waals surface area contributed by atoms with E-state index in [0.29, 0.717) is 19.8 Å². The first-order chi connectivity index (χ1) is 12.8. The molecule has 3 rings (SSSR count). The minimum absolute atomic E-state index is 0.0930. The second-order valence-corrected chi connectivity index (χ2v) is 6.28. The molecule has 1 aliphatic heterocycles. The molecule has 0 saturated carbocycles. The van der Waals surface area contributed by atoms with Crippen molar-refractivity contribution in [3.05, 3.63) is 71.8 Å². The monoisotopic (exact) mass is 352 g/mol. The zero-order valence-corrected chi connectivity index (χ0v) is 14.8. The van der Waals surface area contributed by atoms with Crippen molar-refractivity contribution in [3.8, 4) is 0 Å². The molecule has 1 unspecified atom stereocenters. The van der Waals surface area contributed by atoms with E-state index < -0.39 is 0 Å². The number of hydrogen-bond acceptors (Lipinski definition) is 4. The predicted molar refractivity (Wildman–Crippen MR) is 101 cm³/mol. The van der Waals surface area contributed by atoms with Gasteiger partial charge in [-0.25, -0.2) is 4.79 Å². The Hall–Kier alpha value is -2.66. The topological polar surface area (TPSA) is 51.1 Å². The highest BCUT2D eigenvalue weighted by Crippen LogP contribution is 2.17. The number of ether oxygens (including phenoxy) is 2. The van der Waals surface area contributed by atoms with Crippen LogP contribution in [0.25, 0.3) is 0 Å². The highest BCUT2D eigenvalue weighted by atomic mass is 16.6. The van der Waals surface area contributed by atoms with Crippen molar-refractivity contribution >= 4 is 12.3 Å². The van der Waals surface area contributed by atoms with Gasteiger partial charge in [0, 0.05) is 6.61 Å². The number of carbonyl (C=O) groups excluding carboxylic acids is 1. The van der Waals surface area contributed by atoms with Gasteiger partial charge in [-0.1, -0.05) is 60.7 Å². The third-order valence-electron chi connectivity index (χ3n) is 4.18. The first kappa shape index (κ1) is 18.1. The highest BCUT2D eigenvalue weighted by Gasteiger charge is 2.30. The van der Waals surface area contributed by atoms with E-state index in [2.05, 4.69) is 17.2 Å². The number of hydrogen-bond donors (Lipinski definition) is 0. The van der Waals surface area contributed by atoms with Crippen LogP contribution in [0.2, 0.25) is 0 Å². The molecular weight excluding hydrogens is 328 g/mol. The summed E-state index contributed by atoms with van der Waals surface area (Å²) in [7, 11) is 0. The van der Waals surface area contributed by atoms with Gasteiger partial charge >= 0.3 is 6.09 Å². The Morgan fingerprint density at radius 3 is 2.58 bits per heavy atom. The average Bonchev–Trinajstić information content (AvgIpc) is 3.04. The summed E-state index contributed by atoms with van der Waals surface area (Å²) in [6, 6.07) is 19.8. The highest BCUT2D eigenvalue weighted by molar-refractivity contribution is 5.81. The average molecular weight is 352 g/mol. The van der Waals surface area contributed by atoms with Crippen LogP contribution in [0.4, 0.5) is 4.79 Å². The van der Waals surface area contributed by atoms with E-state index in [0.717, 1.165) is 24.8 Å².